The SMILES string of the molecule is NCc1ccc(CN)c(C(N)=O)c1. The number of amides is 1. The number of hydrogen-bond acceptors (Lipinski definition) is 3. The van der Waals surface area contributed by atoms with Crippen molar-refractivity contribution in [2.45, 2.75) is 13.1 Å². The number of primary amides is 1. The fraction of sp³-hybridized carbons (Fsp3) is 0.222. The third-order valence-electron chi connectivity index (χ3n) is 1.90. The normalized spacial score (nSPS) is 10.0. The predicted octanol–water partition coefficient (Wildman–Crippen LogP) is -0.297. The van der Waals surface area contributed by atoms with Gasteiger partial charge in [-0.1, -0.05) is 12.1 Å². The van der Waals surface area contributed by atoms with Crippen LogP contribution in [0.1, 0.15) is 21.5 Å². The molecule has 0 saturated heterocycles. The van der Waals surface area contributed by atoms with E-state index in [1.807, 2.05) is 6.07 Å². The Morgan fingerprint density at radius 2 is 1.92 bits per heavy atom. The molecular weight excluding hydrogens is 166 g/mol. The molecule has 0 fully saturated rings. The van der Waals surface area contributed by atoms with E-state index >= 15 is 0 Å². The highest BCUT2D eigenvalue weighted by molar-refractivity contribution is 5.94. The van der Waals surface area contributed by atoms with Crippen LogP contribution in [0, 0.1) is 0 Å². The maximum atomic E-state index is 11.0. The van der Waals surface area contributed by atoms with E-state index in [1.54, 1.807) is 12.1 Å². The highest BCUT2D eigenvalue weighted by Crippen LogP contribution is 2.10. The van der Waals surface area contributed by atoms with E-state index in [4.69, 9.17) is 17.2 Å². The molecule has 1 rings (SSSR count). The first-order valence-electron chi connectivity index (χ1n) is 4.00. The average molecular weight is 179 g/mol. The van der Waals surface area contributed by atoms with Crippen molar-refractivity contribution in [1.29, 1.82) is 0 Å². The summed E-state index contributed by atoms with van der Waals surface area (Å²) in [6.45, 7) is 0.703. The predicted molar refractivity (Wildman–Crippen MR) is 50.7 cm³/mol. The van der Waals surface area contributed by atoms with Crippen LogP contribution < -0.4 is 17.2 Å². The molecule has 4 heteroatoms. The molecule has 13 heavy (non-hydrogen) atoms. The molecule has 1 aromatic rings. The first-order valence-corrected chi connectivity index (χ1v) is 4.00. The van der Waals surface area contributed by atoms with Gasteiger partial charge in [0, 0.05) is 18.7 Å². The van der Waals surface area contributed by atoms with Crippen molar-refractivity contribution in [2.24, 2.45) is 17.2 Å². The zero-order chi connectivity index (χ0) is 9.84. The van der Waals surface area contributed by atoms with Crippen molar-refractivity contribution < 1.29 is 4.79 Å². The minimum atomic E-state index is -0.462. The maximum Gasteiger partial charge on any atom is 0.249 e. The molecule has 70 valence electrons. The number of benzene rings is 1. The van der Waals surface area contributed by atoms with Crippen LogP contribution in [0.5, 0.6) is 0 Å². The molecule has 0 spiro atoms. The molecule has 0 aliphatic heterocycles. The number of carbonyl (C=O) groups excluding carboxylic acids is 1. The molecule has 4 nitrogen and oxygen atoms in total. The van der Waals surface area contributed by atoms with Crippen molar-refractivity contribution in [1.82, 2.24) is 0 Å². The van der Waals surface area contributed by atoms with Crippen LogP contribution in [0.3, 0.4) is 0 Å². The Bertz CT molecular complexity index is 323. The van der Waals surface area contributed by atoms with Crippen molar-refractivity contribution >= 4 is 5.91 Å². The molecule has 0 aromatic heterocycles. The second-order valence-corrected chi connectivity index (χ2v) is 2.76. The van der Waals surface area contributed by atoms with E-state index in [2.05, 4.69) is 0 Å². The monoisotopic (exact) mass is 179 g/mol. The van der Waals surface area contributed by atoms with Gasteiger partial charge in [-0.3, -0.25) is 4.79 Å². The molecule has 0 radical (unpaired) electrons. The molecule has 0 bridgehead atoms. The van der Waals surface area contributed by atoms with E-state index in [9.17, 15) is 4.79 Å². The zero-order valence-corrected chi connectivity index (χ0v) is 7.29. The molecule has 0 aliphatic carbocycles. The van der Waals surface area contributed by atoms with Gasteiger partial charge in [0.15, 0.2) is 0 Å². The van der Waals surface area contributed by atoms with Gasteiger partial charge in [-0.15, -0.1) is 0 Å². The summed E-state index contributed by atoms with van der Waals surface area (Å²) in [5.41, 5.74) is 18.1. The third kappa shape index (κ3) is 2.05. The number of carbonyl (C=O) groups is 1. The Kier molecular flexibility index (Phi) is 3.00. The summed E-state index contributed by atoms with van der Waals surface area (Å²) in [6.07, 6.45) is 0. The van der Waals surface area contributed by atoms with Gasteiger partial charge in [0.25, 0.3) is 0 Å². The van der Waals surface area contributed by atoms with Crippen molar-refractivity contribution in [3.8, 4) is 0 Å². The van der Waals surface area contributed by atoms with Crippen molar-refractivity contribution in [3.05, 3.63) is 34.9 Å². The third-order valence-corrected chi connectivity index (χ3v) is 1.90. The average Bonchev–Trinajstić information content (AvgIpc) is 2.16. The molecule has 0 saturated carbocycles. The van der Waals surface area contributed by atoms with Crippen LogP contribution in [-0.2, 0) is 13.1 Å². The minimum Gasteiger partial charge on any atom is -0.366 e. The molecule has 0 atom stereocenters. The Labute approximate surface area is 76.7 Å². The van der Waals surface area contributed by atoms with Gasteiger partial charge in [-0.05, 0) is 17.2 Å². The Morgan fingerprint density at radius 1 is 1.23 bits per heavy atom. The van der Waals surface area contributed by atoms with Crippen molar-refractivity contribution in [2.75, 3.05) is 0 Å². The summed E-state index contributed by atoms with van der Waals surface area (Å²) in [5.74, 6) is -0.462. The number of rotatable bonds is 3. The van der Waals surface area contributed by atoms with Crippen LogP contribution in [0.25, 0.3) is 0 Å². The quantitative estimate of drug-likeness (QED) is 0.594. The summed E-state index contributed by atoms with van der Waals surface area (Å²) >= 11 is 0. The topological polar surface area (TPSA) is 95.1 Å². The lowest BCUT2D eigenvalue weighted by Gasteiger charge is -2.05. The number of hydrogen-bond donors (Lipinski definition) is 3. The Balaban J connectivity index is 3.18. The molecule has 1 aromatic carbocycles. The van der Waals surface area contributed by atoms with Crippen LogP contribution in [0.2, 0.25) is 0 Å². The maximum absolute atomic E-state index is 11.0. The van der Waals surface area contributed by atoms with E-state index < -0.39 is 5.91 Å². The number of nitrogens with two attached hydrogens (primary N) is 3. The molecule has 1 amide bonds. The second kappa shape index (κ2) is 4.02. The van der Waals surface area contributed by atoms with Gasteiger partial charge in [0.1, 0.15) is 0 Å². The standard InChI is InChI=1S/C9H13N3O/c10-4-6-1-2-7(5-11)8(3-6)9(12)13/h1-3H,4-5,10-11H2,(H2,12,13). The van der Waals surface area contributed by atoms with E-state index in [0.717, 1.165) is 11.1 Å². The fourth-order valence-electron chi connectivity index (χ4n) is 1.16. The Hall–Kier alpha value is -1.39. The van der Waals surface area contributed by atoms with Crippen LogP contribution >= 0.6 is 0 Å². The summed E-state index contributed by atoms with van der Waals surface area (Å²) in [7, 11) is 0. The lowest BCUT2D eigenvalue weighted by Crippen LogP contribution is -2.16. The Morgan fingerprint density at radius 3 is 2.38 bits per heavy atom. The lowest BCUT2D eigenvalue weighted by molar-refractivity contribution is 0.0999. The van der Waals surface area contributed by atoms with Gasteiger partial charge >= 0.3 is 0 Å². The van der Waals surface area contributed by atoms with E-state index in [0.29, 0.717) is 18.7 Å². The summed E-state index contributed by atoms with van der Waals surface area (Å²) in [4.78, 5) is 11.0. The highest BCUT2D eigenvalue weighted by atomic mass is 16.1. The second-order valence-electron chi connectivity index (χ2n) is 2.76. The molecule has 6 N–H and O–H groups in total. The highest BCUT2D eigenvalue weighted by Gasteiger charge is 2.06. The minimum absolute atomic E-state index is 0.309. The first-order chi connectivity index (χ1) is 6.19. The van der Waals surface area contributed by atoms with E-state index in [-0.39, 0.29) is 0 Å². The summed E-state index contributed by atoms with van der Waals surface area (Å²) in [5, 5.41) is 0. The molecule has 0 unspecified atom stereocenters. The first kappa shape index (κ1) is 9.70. The van der Waals surface area contributed by atoms with Gasteiger partial charge in [0.2, 0.25) is 5.91 Å². The summed E-state index contributed by atoms with van der Waals surface area (Å²) in [6, 6.07) is 5.31. The van der Waals surface area contributed by atoms with Crippen LogP contribution in [0.4, 0.5) is 0 Å². The zero-order valence-electron chi connectivity index (χ0n) is 7.29. The van der Waals surface area contributed by atoms with Crippen LogP contribution in [0.15, 0.2) is 18.2 Å². The fourth-order valence-corrected chi connectivity index (χ4v) is 1.16. The molecular formula is C9H13N3O. The van der Waals surface area contributed by atoms with Gasteiger partial charge in [0.05, 0.1) is 0 Å². The van der Waals surface area contributed by atoms with Gasteiger partial charge < -0.3 is 17.2 Å². The van der Waals surface area contributed by atoms with Crippen molar-refractivity contribution in [3.63, 3.8) is 0 Å². The van der Waals surface area contributed by atoms with Gasteiger partial charge in [-0.25, -0.2) is 0 Å². The summed E-state index contributed by atoms with van der Waals surface area (Å²) < 4.78 is 0. The van der Waals surface area contributed by atoms with Gasteiger partial charge in [-0.2, -0.15) is 0 Å². The lowest BCUT2D eigenvalue weighted by atomic mass is 10.0. The smallest absolute Gasteiger partial charge is 0.249 e. The molecule has 0 heterocycles. The van der Waals surface area contributed by atoms with Crippen LogP contribution in [-0.4, -0.2) is 5.91 Å². The largest absolute Gasteiger partial charge is 0.366 e. The van der Waals surface area contributed by atoms with E-state index in [1.165, 1.54) is 0 Å². The molecule has 0 aliphatic rings.